The minimum Gasteiger partial charge on any atom is -0.373 e. The largest absolute Gasteiger partial charge is 0.426 e. The highest BCUT2D eigenvalue weighted by Crippen LogP contribution is 2.31. The minimum atomic E-state index is -5.18. The minimum absolute atomic E-state index is 0.0864. The zero-order chi connectivity index (χ0) is 20.3. The lowest BCUT2D eigenvalue weighted by Gasteiger charge is -2.25. The van der Waals surface area contributed by atoms with E-state index in [-0.39, 0.29) is 24.1 Å². The normalized spacial score (nSPS) is 17.2. The third-order valence-electron chi connectivity index (χ3n) is 4.02. The number of anilines is 1. The van der Waals surface area contributed by atoms with Crippen LogP contribution >= 0.6 is 0 Å². The number of carbonyl (C=O) groups excluding carboxylic acids is 1. The standard InChI is InChI=1S/C16H21F4NO4S/c1-10(26(3,24)25)8-12(17)9-11-6-4-5-7-13(11)21-14(22)15(2,23)16(18,19)20/h4-7,10,12,23H,8-9H2,1-3H3,(H,21,22). The second kappa shape index (κ2) is 7.91. The van der Waals surface area contributed by atoms with Crippen molar-refractivity contribution in [2.45, 2.75) is 49.9 Å². The molecule has 0 heterocycles. The average molecular weight is 399 g/mol. The van der Waals surface area contributed by atoms with Crippen molar-refractivity contribution in [2.75, 3.05) is 11.6 Å². The molecule has 1 aromatic carbocycles. The second-order valence-corrected chi connectivity index (χ2v) is 8.82. The summed E-state index contributed by atoms with van der Waals surface area (Å²) in [6.07, 6.45) is -6.37. The molecular weight excluding hydrogens is 378 g/mol. The summed E-state index contributed by atoms with van der Waals surface area (Å²) in [7, 11) is -3.42. The molecule has 10 heteroatoms. The second-order valence-electron chi connectivity index (χ2n) is 6.36. The molecule has 0 saturated carbocycles. The van der Waals surface area contributed by atoms with E-state index in [0.717, 1.165) is 6.26 Å². The number of aliphatic hydroxyl groups is 1. The number of benzene rings is 1. The number of hydrogen-bond donors (Lipinski definition) is 2. The first-order chi connectivity index (χ1) is 11.7. The highest BCUT2D eigenvalue weighted by Gasteiger charge is 2.55. The number of para-hydroxylation sites is 1. The third-order valence-corrected chi connectivity index (χ3v) is 5.67. The summed E-state index contributed by atoms with van der Waals surface area (Å²) in [6.45, 7) is 1.67. The van der Waals surface area contributed by atoms with Gasteiger partial charge in [-0.05, 0) is 31.9 Å². The first kappa shape index (κ1) is 22.4. The van der Waals surface area contributed by atoms with E-state index in [4.69, 9.17) is 0 Å². The van der Waals surface area contributed by atoms with Crippen molar-refractivity contribution in [1.29, 1.82) is 0 Å². The number of carbonyl (C=O) groups is 1. The van der Waals surface area contributed by atoms with Crippen LogP contribution in [0.2, 0.25) is 0 Å². The van der Waals surface area contributed by atoms with Gasteiger partial charge in [0.15, 0.2) is 0 Å². The predicted octanol–water partition coefficient (Wildman–Crippen LogP) is 2.64. The Bertz CT molecular complexity index is 747. The van der Waals surface area contributed by atoms with Crippen molar-refractivity contribution in [3.8, 4) is 0 Å². The van der Waals surface area contributed by atoms with Crippen molar-refractivity contribution in [3.63, 3.8) is 0 Å². The molecule has 148 valence electrons. The van der Waals surface area contributed by atoms with E-state index in [9.17, 15) is 35.9 Å². The number of amides is 1. The van der Waals surface area contributed by atoms with E-state index in [0.29, 0.717) is 6.92 Å². The maximum atomic E-state index is 14.2. The Morgan fingerprint density at radius 1 is 1.27 bits per heavy atom. The van der Waals surface area contributed by atoms with E-state index in [1.807, 2.05) is 5.32 Å². The maximum Gasteiger partial charge on any atom is 0.426 e. The molecule has 2 N–H and O–H groups in total. The first-order valence-corrected chi connectivity index (χ1v) is 9.63. The zero-order valence-electron chi connectivity index (χ0n) is 14.5. The van der Waals surface area contributed by atoms with Crippen molar-refractivity contribution < 1.29 is 35.9 Å². The van der Waals surface area contributed by atoms with Crippen LogP contribution in [0.25, 0.3) is 0 Å². The Morgan fingerprint density at radius 3 is 2.31 bits per heavy atom. The lowest BCUT2D eigenvalue weighted by Crippen LogP contribution is -2.52. The molecule has 0 spiro atoms. The van der Waals surface area contributed by atoms with E-state index in [1.165, 1.54) is 31.2 Å². The molecule has 0 aromatic heterocycles. The Balaban J connectivity index is 2.94. The van der Waals surface area contributed by atoms with Gasteiger partial charge < -0.3 is 10.4 Å². The van der Waals surface area contributed by atoms with Crippen LogP contribution in [0.1, 0.15) is 25.8 Å². The smallest absolute Gasteiger partial charge is 0.373 e. The fourth-order valence-corrected chi connectivity index (χ4v) is 2.61. The number of nitrogens with one attached hydrogen (secondary N) is 1. The quantitative estimate of drug-likeness (QED) is 0.691. The molecule has 3 atom stereocenters. The fourth-order valence-electron chi connectivity index (χ4n) is 2.05. The molecule has 1 aromatic rings. The number of halogens is 4. The van der Waals surface area contributed by atoms with Crippen LogP contribution in [0.4, 0.5) is 23.2 Å². The Kier molecular flexibility index (Phi) is 6.80. The van der Waals surface area contributed by atoms with Crippen LogP contribution in [0.15, 0.2) is 24.3 Å². The lowest BCUT2D eigenvalue weighted by molar-refractivity contribution is -0.242. The summed E-state index contributed by atoms with van der Waals surface area (Å²) in [6, 6.07) is 5.59. The van der Waals surface area contributed by atoms with Gasteiger partial charge in [0.05, 0.1) is 5.25 Å². The summed E-state index contributed by atoms with van der Waals surface area (Å²) in [5.41, 5.74) is -3.51. The van der Waals surface area contributed by atoms with Crippen molar-refractivity contribution in [1.82, 2.24) is 0 Å². The molecule has 0 fully saturated rings. The predicted molar refractivity (Wildman–Crippen MR) is 89.3 cm³/mol. The molecule has 0 saturated heterocycles. The van der Waals surface area contributed by atoms with Gasteiger partial charge in [0.25, 0.3) is 5.91 Å². The number of hydrogen-bond acceptors (Lipinski definition) is 4. The van der Waals surface area contributed by atoms with Gasteiger partial charge in [-0.15, -0.1) is 0 Å². The number of sulfone groups is 1. The summed E-state index contributed by atoms with van der Waals surface area (Å²) in [5.74, 6) is -1.70. The highest BCUT2D eigenvalue weighted by molar-refractivity contribution is 7.91. The zero-order valence-corrected chi connectivity index (χ0v) is 15.3. The van der Waals surface area contributed by atoms with Gasteiger partial charge in [0, 0.05) is 18.4 Å². The Labute approximate surface area is 149 Å². The molecule has 0 radical (unpaired) electrons. The molecular formula is C16H21F4NO4S. The lowest BCUT2D eigenvalue weighted by atomic mass is 10.0. The summed E-state index contributed by atoms with van der Waals surface area (Å²) in [5, 5.41) is 10.4. The van der Waals surface area contributed by atoms with Gasteiger partial charge in [-0.1, -0.05) is 18.2 Å². The van der Waals surface area contributed by atoms with Crippen LogP contribution in [-0.4, -0.2) is 48.9 Å². The first-order valence-electron chi connectivity index (χ1n) is 7.67. The fraction of sp³-hybridized carbons (Fsp3) is 0.562. The van der Waals surface area contributed by atoms with Gasteiger partial charge in [-0.25, -0.2) is 12.8 Å². The van der Waals surface area contributed by atoms with Gasteiger partial charge in [-0.2, -0.15) is 13.2 Å². The molecule has 0 bridgehead atoms. The van der Waals surface area contributed by atoms with E-state index < -0.39 is 38.9 Å². The van der Waals surface area contributed by atoms with Gasteiger partial charge >= 0.3 is 6.18 Å². The van der Waals surface area contributed by atoms with Gasteiger partial charge in [-0.3, -0.25) is 4.79 Å². The summed E-state index contributed by atoms with van der Waals surface area (Å²) < 4.78 is 75.1. The van der Waals surface area contributed by atoms with Crippen LogP contribution in [-0.2, 0) is 21.1 Å². The maximum absolute atomic E-state index is 14.2. The van der Waals surface area contributed by atoms with Crippen molar-refractivity contribution in [2.24, 2.45) is 0 Å². The van der Waals surface area contributed by atoms with Crippen LogP contribution in [0.5, 0.6) is 0 Å². The van der Waals surface area contributed by atoms with Gasteiger partial charge in [0.1, 0.15) is 16.0 Å². The molecule has 0 aliphatic carbocycles. The number of alkyl halides is 4. The monoisotopic (exact) mass is 399 g/mol. The van der Waals surface area contributed by atoms with E-state index >= 15 is 0 Å². The SMILES string of the molecule is CC(CC(F)Cc1ccccc1NC(=O)C(C)(O)C(F)(F)F)S(C)(=O)=O. The molecule has 3 unspecified atom stereocenters. The third kappa shape index (κ3) is 5.66. The molecule has 5 nitrogen and oxygen atoms in total. The van der Waals surface area contributed by atoms with Crippen LogP contribution in [0, 0.1) is 0 Å². The van der Waals surface area contributed by atoms with E-state index in [1.54, 1.807) is 0 Å². The van der Waals surface area contributed by atoms with Crippen LogP contribution < -0.4 is 5.32 Å². The highest BCUT2D eigenvalue weighted by atomic mass is 32.2. The Morgan fingerprint density at radius 2 is 1.81 bits per heavy atom. The number of rotatable bonds is 7. The van der Waals surface area contributed by atoms with Gasteiger partial charge in [0.2, 0.25) is 5.60 Å². The molecule has 1 amide bonds. The Hall–Kier alpha value is -1.68. The van der Waals surface area contributed by atoms with Crippen LogP contribution in [0.3, 0.4) is 0 Å². The molecule has 0 aliphatic rings. The molecule has 1 rings (SSSR count). The van der Waals surface area contributed by atoms with Crippen molar-refractivity contribution in [3.05, 3.63) is 29.8 Å². The molecule has 26 heavy (non-hydrogen) atoms. The summed E-state index contributed by atoms with van der Waals surface area (Å²) in [4.78, 5) is 11.8. The average Bonchev–Trinajstić information content (AvgIpc) is 2.46. The van der Waals surface area contributed by atoms with E-state index in [2.05, 4.69) is 0 Å². The summed E-state index contributed by atoms with van der Waals surface area (Å²) >= 11 is 0. The van der Waals surface area contributed by atoms with Crippen molar-refractivity contribution >= 4 is 21.4 Å². The topological polar surface area (TPSA) is 83.5 Å². The molecule has 0 aliphatic heterocycles.